The summed E-state index contributed by atoms with van der Waals surface area (Å²) in [5.41, 5.74) is 0.246. The molecule has 1 unspecified atom stereocenters. The zero-order chi connectivity index (χ0) is 31.0. The summed E-state index contributed by atoms with van der Waals surface area (Å²) in [6, 6.07) is 16.8. The Morgan fingerprint density at radius 1 is 0.767 bits per heavy atom. The van der Waals surface area contributed by atoms with Gasteiger partial charge in [-0.15, -0.1) is 0 Å². The van der Waals surface area contributed by atoms with Crippen molar-refractivity contribution in [3.63, 3.8) is 0 Å². The zero-order valence-electron chi connectivity index (χ0n) is 23.4. The maximum atomic E-state index is 14.2. The number of likely N-dealkylation sites (tertiary alicyclic amines) is 1. The number of carbonyl (C=O) groups excluding carboxylic acids is 2. The summed E-state index contributed by atoms with van der Waals surface area (Å²) in [5, 5.41) is 0. The number of halogens is 4. The van der Waals surface area contributed by atoms with Crippen molar-refractivity contribution < 1.29 is 35.6 Å². The number of alkyl halides is 3. The van der Waals surface area contributed by atoms with E-state index in [-0.39, 0.29) is 53.0 Å². The van der Waals surface area contributed by atoms with E-state index in [1.165, 1.54) is 60.4 Å². The Balaban J connectivity index is 1.51. The SMILES string of the molecule is CC(=O)N1CCN(C(=O)N2CC[C@](c3ccc(C(c4ccccc4)C(F)(F)F)cc3)(S(=O)(=O)c3ccc(F)cc3)C2)CC1. The third-order valence-corrected chi connectivity index (χ3v) is 10.9. The largest absolute Gasteiger partial charge is 0.399 e. The molecule has 2 fully saturated rings. The molecule has 0 aromatic heterocycles. The molecule has 3 amide bonds. The van der Waals surface area contributed by atoms with Crippen molar-refractivity contribution in [2.75, 3.05) is 39.3 Å². The number of nitrogens with zero attached hydrogens (tertiary/aromatic N) is 3. The van der Waals surface area contributed by atoms with Crippen molar-refractivity contribution in [1.82, 2.24) is 14.7 Å². The maximum Gasteiger partial charge on any atom is 0.399 e. The van der Waals surface area contributed by atoms with Crippen LogP contribution in [-0.4, -0.2) is 80.5 Å². The Morgan fingerprint density at radius 3 is 1.88 bits per heavy atom. The van der Waals surface area contributed by atoms with Gasteiger partial charge in [0.15, 0.2) is 9.84 Å². The highest BCUT2D eigenvalue weighted by Crippen LogP contribution is 2.45. The fourth-order valence-electron chi connectivity index (χ4n) is 6.00. The number of hydrogen-bond acceptors (Lipinski definition) is 4. The Bertz CT molecular complexity index is 1570. The minimum absolute atomic E-state index is 0.00735. The number of benzene rings is 3. The third kappa shape index (κ3) is 5.84. The molecular weight excluding hydrogens is 586 g/mol. The molecule has 3 aromatic rings. The first-order valence-electron chi connectivity index (χ1n) is 13.9. The lowest BCUT2D eigenvalue weighted by molar-refractivity contribution is -0.141. The van der Waals surface area contributed by atoms with Gasteiger partial charge in [0.05, 0.1) is 4.90 Å². The van der Waals surface area contributed by atoms with Crippen molar-refractivity contribution in [1.29, 1.82) is 0 Å². The van der Waals surface area contributed by atoms with Crippen LogP contribution in [-0.2, 0) is 19.4 Å². The van der Waals surface area contributed by atoms with Crippen LogP contribution in [0.1, 0.15) is 36.0 Å². The van der Waals surface area contributed by atoms with Crippen LogP contribution in [0.15, 0.2) is 83.8 Å². The van der Waals surface area contributed by atoms with Crippen molar-refractivity contribution >= 4 is 21.8 Å². The molecule has 43 heavy (non-hydrogen) atoms. The van der Waals surface area contributed by atoms with E-state index in [0.29, 0.717) is 26.2 Å². The van der Waals surface area contributed by atoms with Gasteiger partial charge in [-0.05, 0) is 47.4 Å². The monoisotopic (exact) mass is 617 g/mol. The minimum atomic E-state index is -4.59. The van der Waals surface area contributed by atoms with Gasteiger partial charge in [0.25, 0.3) is 0 Å². The quantitative estimate of drug-likeness (QED) is 0.292. The van der Waals surface area contributed by atoms with Crippen LogP contribution in [0.4, 0.5) is 22.4 Å². The van der Waals surface area contributed by atoms with Gasteiger partial charge in [-0.25, -0.2) is 17.6 Å². The van der Waals surface area contributed by atoms with E-state index in [2.05, 4.69) is 0 Å². The van der Waals surface area contributed by atoms with Gasteiger partial charge >= 0.3 is 12.2 Å². The smallest absolute Gasteiger partial charge is 0.339 e. The first kappa shape index (κ1) is 30.5. The van der Waals surface area contributed by atoms with Gasteiger partial charge in [-0.1, -0.05) is 54.6 Å². The lowest BCUT2D eigenvalue weighted by Gasteiger charge is -2.37. The summed E-state index contributed by atoms with van der Waals surface area (Å²) in [6.07, 6.45) is -4.60. The van der Waals surface area contributed by atoms with Crippen LogP contribution >= 0.6 is 0 Å². The molecule has 0 radical (unpaired) electrons. The highest BCUT2D eigenvalue weighted by atomic mass is 32.2. The molecule has 3 aromatic carbocycles. The normalized spacial score (nSPS) is 20.3. The van der Waals surface area contributed by atoms with Gasteiger partial charge in [-0.3, -0.25) is 4.79 Å². The molecule has 228 valence electrons. The first-order valence-corrected chi connectivity index (χ1v) is 15.3. The predicted molar refractivity (Wildman–Crippen MR) is 151 cm³/mol. The van der Waals surface area contributed by atoms with E-state index in [9.17, 15) is 35.6 Å². The molecule has 0 spiro atoms. The molecule has 0 saturated carbocycles. The average molecular weight is 618 g/mol. The van der Waals surface area contributed by atoms with Crippen molar-refractivity contribution in [3.05, 3.63) is 101 Å². The number of carbonyl (C=O) groups is 2. The summed E-state index contributed by atoms with van der Waals surface area (Å²) in [5.74, 6) is -2.63. The number of piperazine rings is 1. The number of hydrogen-bond donors (Lipinski definition) is 0. The van der Waals surface area contributed by atoms with Crippen LogP contribution in [0.5, 0.6) is 0 Å². The summed E-state index contributed by atoms with van der Waals surface area (Å²) in [4.78, 5) is 29.7. The number of amides is 3. The summed E-state index contributed by atoms with van der Waals surface area (Å²) < 4.78 is 83.1. The molecule has 2 saturated heterocycles. The van der Waals surface area contributed by atoms with Crippen molar-refractivity contribution in [2.24, 2.45) is 0 Å². The van der Waals surface area contributed by atoms with Crippen LogP contribution in [0.2, 0.25) is 0 Å². The van der Waals surface area contributed by atoms with E-state index < -0.39 is 32.5 Å². The zero-order valence-corrected chi connectivity index (χ0v) is 24.2. The molecule has 0 aliphatic carbocycles. The van der Waals surface area contributed by atoms with Gasteiger partial charge in [-0.2, -0.15) is 13.2 Å². The molecule has 2 aliphatic rings. The van der Waals surface area contributed by atoms with Crippen LogP contribution in [0.3, 0.4) is 0 Å². The van der Waals surface area contributed by atoms with Crippen molar-refractivity contribution in [3.8, 4) is 0 Å². The Kier molecular flexibility index (Phi) is 8.26. The maximum absolute atomic E-state index is 14.2. The van der Waals surface area contributed by atoms with E-state index in [4.69, 9.17) is 0 Å². The van der Waals surface area contributed by atoms with Crippen molar-refractivity contribution in [2.45, 2.75) is 35.1 Å². The lowest BCUT2D eigenvalue weighted by Crippen LogP contribution is -2.54. The Labute approximate surface area is 247 Å². The Morgan fingerprint density at radius 2 is 1.33 bits per heavy atom. The molecule has 2 atom stereocenters. The highest BCUT2D eigenvalue weighted by Gasteiger charge is 2.53. The molecule has 0 N–H and O–H groups in total. The fourth-order valence-corrected chi connectivity index (χ4v) is 8.08. The first-order chi connectivity index (χ1) is 20.3. The van der Waals surface area contributed by atoms with E-state index in [1.807, 2.05) is 0 Å². The Hall–Kier alpha value is -3.93. The van der Waals surface area contributed by atoms with Gasteiger partial charge < -0.3 is 14.7 Å². The lowest BCUT2D eigenvalue weighted by atomic mass is 9.88. The summed E-state index contributed by atoms with van der Waals surface area (Å²) in [6.45, 7) is 2.60. The molecule has 2 aliphatic heterocycles. The van der Waals surface area contributed by atoms with E-state index in [0.717, 1.165) is 24.3 Å². The molecule has 12 heteroatoms. The van der Waals surface area contributed by atoms with Gasteiger partial charge in [0, 0.05) is 46.2 Å². The molecular formula is C31H31F4N3O4S. The molecule has 2 heterocycles. The van der Waals surface area contributed by atoms with E-state index in [1.54, 1.807) is 15.9 Å². The molecule has 5 rings (SSSR count). The van der Waals surface area contributed by atoms with E-state index >= 15 is 0 Å². The topological polar surface area (TPSA) is 78.0 Å². The summed E-state index contributed by atoms with van der Waals surface area (Å²) in [7, 11) is -4.26. The number of urea groups is 1. The van der Waals surface area contributed by atoms with Gasteiger partial charge in [0.2, 0.25) is 5.91 Å². The summed E-state index contributed by atoms with van der Waals surface area (Å²) >= 11 is 0. The molecule has 0 bridgehead atoms. The fraction of sp³-hybridized carbons (Fsp3) is 0.355. The average Bonchev–Trinajstić information content (AvgIpc) is 3.45. The van der Waals surface area contributed by atoms with Gasteiger partial charge in [0.1, 0.15) is 16.5 Å². The standard InChI is InChI=1S/C31H31F4N3O4S/c1-22(39)36-17-19-37(20-18-36)29(40)38-16-15-30(21-38,43(41,42)27-13-11-26(32)12-14-27)25-9-7-24(8-10-25)28(31(33,34)35)23-5-3-2-4-6-23/h2-14,28H,15-21H2,1H3/t28?,30-/m0/s1. The second-order valence-corrected chi connectivity index (χ2v) is 13.2. The highest BCUT2D eigenvalue weighted by molar-refractivity contribution is 7.92. The van der Waals surface area contributed by atoms with Crippen LogP contribution in [0, 0.1) is 5.82 Å². The number of rotatable bonds is 5. The van der Waals surface area contributed by atoms with Crippen LogP contribution < -0.4 is 0 Å². The predicted octanol–water partition coefficient (Wildman–Crippen LogP) is 5.18. The molecule has 7 nitrogen and oxygen atoms in total. The second kappa shape index (κ2) is 11.6. The van der Waals surface area contributed by atoms with Crippen LogP contribution in [0.25, 0.3) is 0 Å². The number of sulfone groups is 1. The minimum Gasteiger partial charge on any atom is -0.339 e. The third-order valence-electron chi connectivity index (χ3n) is 8.37. The second-order valence-electron chi connectivity index (χ2n) is 10.9.